The fourth-order valence-electron chi connectivity index (χ4n) is 2.37. The highest BCUT2D eigenvalue weighted by Crippen LogP contribution is 2.30. The molecule has 0 aliphatic rings. The Kier molecular flexibility index (Phi) is 6.20. The molecule has 1 atom stereocenters. The van der Waals surface area contributed by atoms with Gasteiger partial charge in [-0.15, -0.1) is 0 Å². The molecular formula is C17H18BrFIN. The summed E-state index contributed by atoms with van der Waals surface area (Å²) < 4.78 is 15.6. The first kappa shape index (κ1) is 16.9. The smallest absolute Gasteiger partial charge is 0.123 e. The van der Waals surface area contributed by atoms with Crippen LogP contribution in [-0.2, 0) is 0 Å². The molecule has 2 aromatic carbocycles. The molecule has 0 aliphatic heterocycles. The van der Waals surface area contributed by atoms with Crippen LogP contribution in [0.25, 0.3) is 0 Å². The summed E-state index contributed by atoms with van der Waals surface area (Å²) in [7, 11) is 0. The molecule has 1 N–H and O–H groups in total. The van der Waals surface area contributed by atoms with Crippen LogP contribution in [0.15, 0.2) is 40.9 Å². The standard InChI is InChI=1S/C17H18BrFIN/c1-3-8-21-17(14-6-5-13(19)9-11(14)2)15-10-12(18)4-7-16(15)20/h4-7,9-10,17,21H,3,8H2,1-2H3. The summed E-state index contributed by atoms with van der Waals surface area (Å²) in [5, 5.41) is 3.58. The lowest BCUT2D eigenvalue weighted by molar-refractivity contribution is 0.588. The van der Waals surface area contributed by atoms with Crippen molar-refractivity contribution in [1.29, 1.82) is 0 Å². The summed E-state index contributed by atoms with van der Waals surface area (Å²) in [5.74, 6) is -0.186. The molecule has 2 aromatic rings. The lowest BCUT2D eigenvalue weighted by Gasteiger charge is -2.23. The highest BCUT2D eigenvalue weighted by Gasteiger charge is 2.18. The number of aryl methyl sites for hydroxylation is 1. The lowest BCUT2D eigenvalue weighted by Crippen LogP contribution is -2.24. The van der Waals surface area contributed by atoms with Gasteiger partial charge < -0.3 is 5.32 Å². The number of hydrogen-bond acceptors (Lipinski definition) is 1. The van der Waals surface area contributed by atoms with Gasteiger partial charge in [0.1, 0.15) is 5.82 Å². The average Bonchev–Trinajstić information content (AvgIpc) is 2.44. The molecule has 0 radical (unpaired) electrons. The van der Waals surface area contributed by atoms with Crippen LogP contribution in [0.3, 0.4) is 0 Å². The maximum atomic E-state index is 13.4. The Labute approximate surface area is 147 Å². The monoisotopic (exact) mass is 461 g/mol. The number of nitrogens with one attached hydrogen (secondary N) is 1. The van der Waals surface area contributed by atoms with Gasteiger partial charge in [0, 0.05) is 8.04 Å². The van der Waals surface area contributed by atoms with Crippen molar-refractivity contribution in [2.24, 2.45) is 0 Å². The molecule has 4 heteroatoms. The second kappa shape index (κ2) is 7.70. The van der Waals surface area contributed by atoms with E-state index in [-0.39, 0.29) is 11.9 Å². The van der Waals surface area contributed by atoms with Crippen molar-refractivity contribution in [3.8, 4) is 0 Å². The van der Waals surface area contributed by atoms with Gasteiger partial charge in [0.15, 0.2) is 0 Å². The zero-order valence-electron chi connectivity index (χ0n) is 12.1. The second-order valence-electron chi connectivity index (χ2n) is 5.05. The highest BCUT2D eigenvalue weighted by atomic mass is 127. The molecule has 1 unspecified atom stereocenters. The van der Waals surface area contributed by atoms with Gasteiger partial charge in [-0.1, -0.05) is 28.9 Å². The van der Waals surface area contributed by atoms with Gasteiger partial charge in [0.25, 0.3) is 0 Å². The third kappa shape index (κ3) is 4.27. The Morgan fingerprint density at radius 1 is 1.19 bits per heavy atom. The van der Waals surface area contributed by atoms with Crippen LogP contribution in [0.5, 0.6) is 0 Å². The first-order valence-electron chi connectivity index (χ1n) is 6.97. The van der Waals surface area contributed by atoms with E-state index in [4.69, 9.17) is 0 Å². The van der Waals surface area contributed by atoms with E-state index >= 15 is 0 Å². The Hall–Kier alpha value is -0.460. The van der Waals surface area contributed by atoms with E-state index in [2.05, 4.69) is 62.9 Å². The van der Waals surface area contributed by atoms with E-state index < -0.39 is 0 Å². The van der Waals surface area contributed by atoms with Crippen LogP contribution in [0, 0.1) is 16.3 Å². The van der Waals surface area contributed by atoms with Crippen molar-refractivity contribution in [2.75, 3.05) is 6.54 Å². The Bertz CT molecular complexity index is 630. The molecule has 0 heterocycles. The van der Waals surface area contributed by atoms with Crippen molar-refractivity contribution < 1.29 is 4.39 Å². The Morgan fingerprint density at radius 3 is 2.62 bits per heavy atom. The van der Waals surface area contributed by atoms with Crippen molar-refractivity contribution in [3.63, 3.8) is 0 Å². The van der Waals surface area contributed by atoms with Crippen LogP contribution in [0.4, 0.5) is 4.39 Å². The minimum Gasteiger partial charge on any atom is -0.306 e. The zero-order chi connectivity index (χ0) is 15.4. The normalized spacial score (nSPS) is 12.4. The molecular weight excluding hydrogens is 444 g/mol. The average molecular weight is 462 g/mol. The molecule has 1 nitrogen and oxygen atoms in total. The first-order chi connectivity index (χ1) is 10.0. The SMILES string of the molecule is CCCNC(c1ccc(F)cc1C)c1cc(Br)ccc1I. The molecule has 0 fully saturated rings. The number of hydrogen-bond donors (Lipinski definition) is 1. The number of rotatable bonds is 5. The van der Waals surface area contributed by atoms with Crippen molar-refractivity contribution in [3.05, 3.63) is 66.9 Å². The van der Waals surface area contributed by atoms with Crippen molar-refractivity contribution in [1.82, 2.24) is 5.32 Å². The fourth-order valence-corrected chi connectivity index (χ4v) is 3.40. The molecule has 0 spiro atoms. The van der Waals surface area contributed by atoms with Gasteiger partial charge in [-0.2, -0.15) is 0 Å². The van der Waals surface area contributed by atoms with Crippen LogP contribution >= 0.6 is 38.5 Å². The van der Waals surface area contributed by atoms with Crippen LogP contribution < -0.4 is 5.32 Å². The Morgan fingerprint density at radius 2 is 1.95 bits per heavy atom. The minimum atomic E-state index is -0.186. The van der Waals surface area contributed by atoms with E-state index in [0.29, 0.717) is 0 Å². The number of halogens is 3. The van der Waals surface area contributed by atoms with Gasteiger partial charge in [0.05, 0.1) is 6.04 Å². The largest absolute Gasteiger partial charge is 0.306 e. The first-order valence-corrected chi connectivity index (χ1v) is 8.84. The van der Waals surface area contributed by atoms with Crippen LogP contribution in [-0.4, -0.2) is 6.54 Å². The summed E-state index contributed by atoms with van der Waals surface area (Å²) in [6.07, 6.45) is 1.06. The van der Waals surface area contributed by atoms with Gasteiger partial charge >= 0.3 is 0 Å². The molecule has 0 aliphatic carbocycles. The van der Waals surface area contributed by atoms with Crippen LogP contribution in [0.2, 0.25) is 0 Å². The van der Waals surface area contributed by atoms with Crippen LogP contribution in [0.1, 0.15) is 36.1 Å². The zero-order valence-corrected chi connectivity index (χ0v) is 15.8. The van der Waals surface area contributed by atoms with Crippen molar-refractivity contribution in [2.45, 2.75) is 26.3 Å². The van der Waals surface area contributed by atoms with Gasteiger partial charge in [-0.3, -0.25) is 0 Å². The van der Waals surface area contributed by atoms with E-state index in [1.807, 2.05) is 19.1 Å². The summed E-state index contributed by atoms with van der Waals surface area (Å²) in [5.41, 5.74) is 3.31. The fraction of sp³-hybridized carbons (Fsp3) is 0.294. The molecule has 0 saturated carbocycles. The molecule has 112 valence electrons. The Balaban J connectivity index is 2.49. The predicted octanol–water partition coefficient (Wildman–Crippen LogP) is 5.59. The molecule has 0 saturated heterocycles. The highest BCUT2D eigenvalue weighted by molar-refractivity contribution is 14.1. The summed E-state index contributed by atoms with van der Waals surface area (Å²) in [6.45, 7) is 5.03. The van der Waals surface area contributed by atoms with Gasteiger partial charge in [0.2, 0.25) is 0 Å². The third-order valence-corrected chi connectivity index (χ3v) is 4.89. The maximum Gasteiger partial charge on any atom is 0.123 e. The summed E-state index contributed by atoms with van der Waals surface area (Å²) in [4.78, 5) is 0. The van der Waals surface area contributed by atoms with Gasteiger partial charge in [-0.25, -0.2) is 4.39 Å². The van der Waals surface area contributed by atoms with Gasteiger partial charge in [-0.05, 0) is 89.5 Å². The third-order valence-electron chi connectivity index (χ3n) is 3.41. The lowest BCUT2D eigenvalue weighted by atomic mass is 9.95. The predicted molar refractivity (Wildman–Crippen MR) is 98.1 cm³/mol. The minimum absolute atomic E-state index is 0.0787. The summed E-state index contributed by atoms with van der Waals surface area (Å²) >= 11 is 5.90. The van der Waals surface area contributed by atoms with E-state index in [1.165, 1.54) is 15.2 Å². The topological polar surface area (TPSA) is 12.0 Å². The van der Waals surface area contributed by atoms with Crippen molar-refractivity contribution >= 4 is 38.5 Å². The van der Waals surface area contributed by atoms with E-state index in [9.17, 15) is 4.39 Å². The second-order valence-corrected chi connectivity index (χ2v) is 7.13. The maximum absolute atomic E-state index is 13.4. The summed E-state index contributed by atoms with van der Waals surface area (Å²) in [6, 6.07) is 11.4. The quantitative estimate of drug-likeness (QED) is 0.572. The molecule has 21 heavy (non-hydrogen) atoms. The number of benzene rings is 2. The molecule has 2 rings (SSSR count). The van der Waals surface area contributed by atoms with E-state index in [0.717, 1.165) is 28.6 Å². The molecule has 0 bridgehead atoms. The van der Waals surface area contributed by atoms with E-state index in [1.54, 1.807) is 6.07 Å². The molecule has 0 amide bonds. The molecule has 0 aromatic heterocycles.